The third-order valence-corrected chi connectivity index (χ3v) is 2.97. The SMILES string of the molecule is COc1ccc(C=O)cc1CCc1ccccc1. The van der Waals surface area contributed by atoms with E-state index in [1.807, 2.05) is 30.3 Å². The fourth-order valence-corrected chi connectivity index (χ4v) is 1.99. The van der Waals surface area contributed by atoms with E-state index in [-0.39, 0.29) is 0 Å². The van der Waals surface area contributed by atoms with Gasteiger partial charge in [0.2, 0.25) is 0 Å². The minimum absolute atomic E-state index is 0.693. The van der Waals surface area contributed by atoms with Crippen molar-refractivity contribution in [2.24, 2.45) is 0 Å². The topological polar surface area (TPSA) is 26.3 Å². The summed E-state index contributed by atoms with van der Waals surface area (Å²) in [6.45, 7) is 0. The summed E-state index contributed by atoms with van der Waals surface area (Å²) in [6, 6.07) is 15.8. The molecular weight excluding hydrogens is 224 g/mol. The Balaban J connectivity index is 2.15. The van der Waals surface area contributed by atoms with E-state index in [4.69, 9.17) is 4.74 Å². The first-order chi connectivity index (χ1) is 8.83. The molecule has 0 aliphatic carbocycles. The Bertz CT molecular complexity index is 518. The molecule has 92 valence electrons. The number of hydrogen-bond donors (Lipinski definition) is 0. The van der Waals surface area contributed by atoms with Crippen LogP contribution in [-0.4, -0.2) is 13.4 Å². The number of aryl methyl sites for hydroxylation is 2. The fraction of sp³-hybridized carbons (Fsp3) is 0.188. The molecule has 2 nitrogen and oxygen atoms in total. The van der Waals surface area contributed by atoms with Crippen LogP contribution in [0.2, 0.25) is 0 Å². The molecule has 0 fully saturated rings. The van der Waals surface area contributed by atoms with E-state index in [1.54, 1.807) is 13.2 Å². The molecular formula is C16H16O2. The number of methoxy groups -OCH3 is 1. The minimum Gasteiger partial charge on any atom is -0.496 e. The van der Waals surface area contributed by atoms with Crippen molar-refractivity contribution >= 4 is 6.29 Å². The number of ether oxygens (including phenoxy) is 1. The molecule has 0 unspecified atom stereocenters. The summed E-state index contributed by atoms with van der Waals surface area (Å²) in [5.41, 5.74) is 3.06. The molecule has 0 saturated heterocycles. The molecule has 2 heteroatoms. The predicted octanol–water partition coefficient (Wildman–Crippen LogP) is 3.29. The zero-order chi connectivity index (χ0) is 12.8. The maximum absolute atomic E-state index is 10.8. The molecule has 0 heterocycles. The van der Waals surface area contributed by atoms with Gasteiger partial charge in [0.05, 0.1) is 7.11 Å². The van der Waals surface area contributed by atoms with Crippen LogP contribution >= 0.6 is 0 Å². The number of benzene rings is 2. The number of carbonyl (C=O) groups is 1. The average Bonchev–Trinajstić information content (AvgIpc) is 2.45. The maximum atomic E-state index is 10.8. The monoisotopic (exact) mass is 240 g/mol. The van der Waals surface area contributed by atoms with E-state index >= 15 is 0 Å². The highest BCUT2D eigenvalue weighted by molar-refractivity contribution is 5.75. The first-order valence-corrected chi connectivity index (χ1v) is 5.99. The van der Waals surface area contributed by atoms with Crippen molar-refractivity contribution < 1.29 is 9.53 Å². The first-order valence-electron chi connectivity index (χ1n) is 5.99. The smallest absolute Gasteiger partial charge is 0.150 e. The molecule has 0 aliphatic heterocycles. The Morgan fingerprint density at radius 1 is 1.06 bits per heavy atom. The summed E-state index contributed by atoms with van der Waals surface area (Å²) < 4.78 is 5.32. The van der Waals surface area contributed by atoms with E-state index in [2.05, 4.69) is 12.1 Å². The summed E-state index contributed by atoms with van der Waals surface area (Å²) in [7, 11) is 1.65. The lowest BCUT2D eigenvalue weighted by atomic mass is 10.0. The number of rotatable bonds is 5. The van der Waals surface area contributed by atoms with Gasteiger partial charge in [-0.3, -0.25) is 4.79 Å². The normalized spacial score (nSPS) is 10.1. The highest BCUT2D eigenvalue weighted by Gasteiger charge is 2.04. The molecule has 0 spiro atoms. The third kappa shape index (κ3) is 2.98. The van der Waals surface area contributed by atoms with Crippen LogP contribution < -0.4 is 4.74 Å². The van der Waals surface area contributed by atoms with Gasteiger partial charge in [-0.15, -0.1) is 0 Å². The van der Waals surface area contributed by atoms with Crippen LogP contribution in [0.1, 0.15) is 21.5 Å². The fourth-order valence-electron chi connectivity index (χ4n) is 1.99. The molecule has 2 aromatic carbocycles. The third-order valence-electron chi connectivity index (χ3n) is 2.97. The Morgan fingerprint density at radius 3 is 2.50 bits per heavy atom. The van der Waals surface area contributed by atoms with Crippen LogP contribution in [0.3, 0.4) is 0 Å². The van der Waals surface area contributed by atoms with Gasteiger partial charge in [-0.05, 0) is 42.2 Å². The van der Waals surface area contributed by atoms with Crippen LogP contribution in [0.5, 0.6) is 5.75 Å². The largest absolute Gasteiger partial charge is 0.496 e. The van der Waals surface area contributed by atoms with Crippen molar-refractivity contribution in [2.75, 3.05) is 7.11 Å². The van der Waals surface area contributed by atoms with Gasteiger partial charge < -0.3 is 4.74 Å². The second kappa shape index (κ2) is 6.01. The van der Waals surface area contributed by atoms with E-state index in [9.17, 15) is 4.79 Å². The molecule has 0 saturated carbocycles. The van der Waals surface area contributed by atoms with Gasteiger partial charge in [-0.1, -0.05) is 30.3 Å². The van der Waals surface area contributed by atoms with E-state index < -0.39 is 0 Å². The lowest BCUT2D eigenvalue weighted by molar-refractivity contribution is 0.112. The molecule has 0 N–H and O–H groups in total. The standard InChI is InChI=1S/C16H16O2/c1-18-16-10-8-14(12-17)11-15(16)9-7-13-5-3-2-4-6-13/h2-6,8,10-12H,7,9H2,1H3. The number of aldehydes is 1. The zero-order valence-electron chi connectivity index (χ0n) is 10.4. The van der Waals surface area contributed by atoms with Crippen LogP contribution in [0, 0.1) is 0 Å². The van der Waals surface area contributed by atoms with Gasteiger partial charge >= 0.3 is 0 Å². The Kier molecular flexibility index (Phi) is 4.13. The number of hydrogen-bond acceptors (Lipinski definition) is 2. The van der Waals surface area contributed by atoms with E-state index in [1.165, 1.54) is 5.56 Å². The zero-order valence-corrected chi connectivity index (χ0v) is 10.4. The van der Waals surface area contributed by atoms with Gasteiger partial charge in [0.1, 0.15) is 12.0 Å². The summed E-state index contributed by atoms with van der Waals surface area (Å²) in [4.78, 5) is 10.8. The van der Waals surface area contributed by atoms with Crippen LogP contribution in [0.15, 0.2) is 48.5 Å². The Morgan fingerprint density at radius 2 is 1.83 bits per heavy atom. The van der Waals surface area contributed by atoms with Crippen LogP contribution in [0.4, 0.5) is 0 Å². The molecule has 0 bridgehead atoms. The van der Waals surface area contributed by atoms with Crippen molar-refractivity contribution in [1.82, 2.24) is 0 Å². The summed E-state index contributed by atoms with van der Waals surface area (Å²) in [5, 5.41) is 0. The Hall–Kier alpha value is -2.09. The molecule has 0 aromatic heterocycles. The second-order valence-corrected chi connectivity index (χ2v) is 4.17. The van der Waals surface area contributed by atoms with Crippen molar-refractivity contribution in [3.63, 3.8) is 0 Å². The lowest BCUT2D eigenvalue weighted by Crippen LogP contribution is -1.97. The van der Waals surface area contributed by atoms with Crippen molar-refractivity contribution in [1.29, 1.82) is 0 Å². The quantitative estimate of drug-likeness (QED) is 0.750. The minimum atomic E-state index is 0.693. The summed E-state index contributed by atoms with van der Waals surface area (Å²) >= 11 is 0. The molecule has 0 aliphatic rings. The number of carbonyl (C=O) groups excluding carboxylic acids is 1. The average molecular weight is 240 g/mol. The molecule has 0 amide bonds. The summed E-state index contributed by atoms with van der Waals surface area (Å²) in [5.74, 6) is 0.844. The van der Waals surface area contributed by atoms with Gasteiger partial charge in [0.15, 0.2) is 0 Å². The molecule has 18 heavy (non-hydrogen) atoms. The van der Waals surface area contributed by atoms with Gasteiger partial charge in [-0.2, -0.15) is 0 Å². The van der Waals surface area contributed by atoms with Crippen LogP contribution in [0.25, 0.3) is 0 Å². The van der Waals surface area contributed by atoms with Gasteiger partial charge in [-0.25, -0.2) is 0 Å². The van der Waals surface area contributed by atoms with E-state index in [0.717, 1.165) is 30.4 Å². The van der Waals surface area contributed by atoms with Crippen molar-refractivity contribution in [2.45, 2.75) is 12.8 Å². The van der Waals surface area contributed by atoms with Crippen molar-refractivity contribution in [3.8, 4) is 5.75 Å². The lowest BCUT2D eigenvalue weighted by Gasteiger charge is -2.09. The predicted molar refractivity (Wildman–Crippen MR) is 72.2 cm³/mol. The molecule has 0 atom stereocenters. The van der Waals surface area contributed by atoms with Crippen LogP contribution in [-0.2, 0) is 12.8 Å². The first kappa shape index (κ1) is 12.4. The molecule has 2 rings (SSSR count). The van der Waals surface area contributed by atoms with Gasteiger partial charge in [0.25, 0.3) is 0 Å². The molecule has 2 aromatic rings. The molecule has 0 radical (unpaired) electrons. The van der Waals surface area contributed by atoms with Gasteiger partial charge in [0, 0.05) is 5.56 Å². The second-order valence-electron chi connectivity index (χ2n) is 4.17. The highest BCUT2D eigenvalue weighted by Crippen LogP contribution is 2.21. The summed E-state index contributed by atoms with van der Waals surface area (Å²) in [6.07, 6.45) is 2.68. The van der Waals surface area contributed by atoms with E-state index in [0.29, 0.717) is 5.56 Å². The van der Waals surface area contributed by atoms with Crippen molar-refractivity contribution in [3.05, 3.63) is 65.2 Å². The highest BCUT2D eigenvalue weighted by atomic mass is 16.5. The Labute approximate surface area is 107 Å². The maximum Gasteiger partial charge on any atom is 0.150 e.